The minimum atomic E-state index is -0.886. The third kappa shape index (κ3) is 1.71. The van der Waals surface area contributed by atoms with E-state index in [4.69, 9.17) is 5.11 Å². The molecule has 2 atom stereocenters. The van der Waals surface area contributed by atoms with E-state index in [9.17, 15) is 4.39 Å². The van der Waals surface area contributed by atoms with E-state index < -0.39 is 5.67 Å². The summed E-state index contributed by atoms with van der Waals surface area (Å²) < 4.78 is 13.0. The van der Waals surface area contributed by atoms with Gasteiger partial charge in [0.2, 0.25) is 0 Å². The molecule has 0 aromatic rings. The number of rotatable bonds is 4. The van der Waals surface area contributed by atoms with Crippen molar-refractivity contribution >= 4 is 0 Å². The van der Waals surface area contributed by atoms with E-state index in [1.807, 2.05) is 0 Å². The summed E-state index contributed by atoms with van der Waals surface area (Å²) in [5.74, 6) is 0.400. The Hall–Kier alpha value is -0.150. The van der Waals surface area contributed by atoms with Gasteiger partial charge in [0, 0.05) is 19.2 Å². The molecule has 0 radical (unpaired) electrons. The van der Waals surface area contributed by atoms with E-state index in [1.165, 1.54) is 0 Å². The lowest BCUT2D eigenvalue weighted by molar-refractivity contribution is 0.261. The lowest BCUT2D eigenvalue weighted by atomic mass is 10.3. The Morgan fingerprint density at radius 2 is 2.27 bits per heavy atom. The number of hydrogen-bond donors (Lipinski definition) is 2. The van der Waals surface area contributed by atoms with Gasteiger partial charge in [-0.05, 0) is 25.2 Å². The van der Waals surface area contributed by atoms with Crippen molar-refractivity contribution in [3.63, 3.8) is 0 Å². The molecule has 2 aliphatic carbocycles. The second-order valence-corrected chi connectivity index (χ2v) is 3.82. The molecule has 2 unspecified atom stereocenters. The molecule has 11 heavy (non-hydrogen) atoms. The molecule has 0 spiro atoms. The smallest absolute Gasteiger partial charge is 0.123 e. The Morgan fingerprint density at radius 1 is 1.55 bits per heavy atom. The molecule has 0 aromatic carbocycles. The van der Waals surface area contributed by atoms with Crippen LogP contribution in [0.3, 0.4) is 0 Å². The van der Waals surface area contributed by atoms with Crippen molar-refractivity contribution in [3.05, 3.63) is 0 Å². The third-order valence-corrected chi connectivity index (χ3v) is 2.63. The molecule has 0 aromatic heterocycles. The Balaban J connectivity index is 1.61. The van der Waals surface area contributed by atoms with Crippen LogP contribution in [0.4, 0.5) is 4.39 Å². The largest absolute Gasteiger partial charge is 0.396 e. The van der Waals surface area contributed by atoms with Crippen LogP contribution < -0.4 is 5.32 Å². The summed E-state index contributed by atoms with van der Waals surface area (Å²) in [5.41, 5.74) is -0.886. The third-order valence-electron chi connectivity index (χ3n) is 2.63. The van der Waals surface area contributed by atoms with Crippen LogP contribution in [0, 0.1) is 5.92 Å². The Morgan fingerprint density at radius 3 is 2.73 bits per heavy atom. The van der Waals surface area contributed by atoms with Crippen LogP contribution in [0.5, 0.6) is 0 Å². The average molecular weight is 159 g/mol. The first-order valence-electron chi connectivity index (χ1n) is 4.27. The number of nitrogens with one attached hydrogen (secondary N) is 1. The fourth-order valence-electron chi connectivity index (χ4n) is 1.33. The fourth-order valence-corrected chi connectivity index (χ4v) is 1.33. The zero-order valence-corrected chi connectivity index (χ0v) is 6.52. The Kier molecular flexibility index (Phi) is 1.65. The first kappa shape index (κ1) is 7.50. The van der Waals surface area contributed by atoms with Gasteiger partial charge in [0.1, 0.15) is 5.67 Å². The van der Waals surface area contributed by atoms with Gasteiger partial charge >= 0.3 is 0 Å². The van der Waals surface area contributed by atoms with E-state index in [-0.39, 0.29) is 6.61 Å². The molecule has 0 bridgehead atoms. The number of halogens is 1. The SMILES string of the molecule is OCC1CC1NCC1(F)CC1. The summed E-state index contributed by atoms with van der Waals surface area (Å²) in [7, 11) is 0. The maximum atomic E-state index is 13.0. The minimum absolute atomic E-state index is 0.247. The minimum Gasteiger partial charge on any atom is -0.396 e. The summed E-state index contributed by atoms with van der Waals surface area (Å²) in [6.07, 6.45) is 2.46. The predicted molar refractivity (Wildman–Crippen MR) is 40.1 cm³/mol. The maximum Gasteiger partial charge on any atom is 0.123 e. The highest BCUT2D eigenvalue weighted by Gasteiger charge is 2.45. The molecule has 2 nitrogen and oxygen atoms in total. The second kappa shape index (κ2) is 2.42. The van der Waals surface area contributed by atoms with E-state index >= 15 is 0 Å². The van der Waals surface area contributed by atoms with Gasteiger partial charge in [-0.25, -0.2) is 4.39 Å². The summed E-state index contributed by atoms with van der Waals surface area (Å²) in [6.45, 7) is 0.741. The molecule has 0 aliphatic heterocycles. The van der Waals surface area contributed by atoms with Crippen molar-refractivity contribution in [1.82, 2.24) is 5.32 Å². The van der Waals surface area contributed by atoms with Gasteiger partial charge in [-0.3, -0.25) is 0 Å². The molecular formula is C8H14FNO. The molecule has 0 heterocycles. The monoisotopic (exact) mass is 159 g/mol. The molecule has 0 saturated heterocycles. The molecular weight excluding hydrogens is 145 g/mol. The number of aliphatic hydroxyl groups excluding tert-OH is 1. The van der Waals surface area contributed by atoms with Crippen molar-refractivity contribution < 1.29 is 9.50 Å². The second-order valence-electron chi connectivity index (χ2n) is 3.82. The first-order chi connectivity index (χ1) is 5.23. The highest BCUT2D eigenvalue weighted by atomic mass is 19.1. The van der Waals surface area contributed by atoms with Gasteiger partial charge in [0.05, 0.1) is 0 Å². The fraction of sp³-hybridized carbons (Fsp3) is 1.00. The normalized spacial score (nSPS) is 38.7. The maximum absolute atomic E-state index is 13.0. The lowest BCUT2D eigenvalue weighted by Crippen LogP contribution is -2.28. The van der Waals surface area contributed by atoms with Crippen LogP contribution in [0.2, 0.25) is 0 Å². The molecule has 2 fully saturated rings. The van der Waals surface area contributed by atoms with Crippen LogP contribution in [0.15, 0.2) is 0 Å². The molecule has 3 heteroatoms. The first-order valence-corrected chi connectivity index (χ1v) is 4.27. The Bertz CT molecular complexity index is 158. The van der Waals surface area contributed by atoms with E-state index in [0.717, 1.165) is 19.3 Å². The zero-order valence-electron chi connectivity index (χ0n) is 6.52. The molecule has 2 aliphatic rings. The Labute approximate surface area is 65.8 Å². The van der Waals surface area contributed by atoms with Gasteiger partial charge in [-0.1, -0.05) is 0 Å². The van der Waals surface area contributed by atoms with Crippen molar-refractivity contribution in [2.45, 2.75) is 31.0 Å². The van der Waals surface area contributed by atoms with Gasteiger partial charge in [0.25, 0.3) is 0 Å². The lowest BCUT2D eigenvalue weighted by Gasteiger charge is -2.05. The summed E-state index contributed by atoms with van der Waals surface area (Å²) in [5, 5.41) is 11.8. The van der Waals surface area contributed by atoms with Gasteiger partial charge in [-0.2, -0.15) is 0 Å². The van der Waals surface area contributed by atoms with E-state index in [0.29, 0.717) is 18.5 Å². The van der Waals surface area contributed by atoms with Crippen LogP contribution in [-0.4, -0.2) is 30.0 Å². The highest BCUT2D eigenvalue weighted by Crippen LogP contribution is 2.40. The van der Waals surface area contributed by atoms with Gasteiger partial charge in [-0.15, -0.1) is 0 Å². The number of aliphatic hydroxyl groups is 1. The van der Waals surface area contributed by atoms with E-state index in [2.05, 4.69) is 5.32 Å². The molecule has 2 saturated carbocycles. The summed E-state index contributed by atoms with van der Waals surface area (Å²) >= 11 is 0. The molecule has 2 N–H and O–H groups in total. The van der Waals surface area contributed by atoms with E-state index in [1.54, 1.807) is 0 Å². The molecule has 0 amide bonds. The number of alkyl halides is 1. The summed E-state index contributed by atoms with van der Waals surface area (Å²) in [4.78, 5) is 0. The van der Waals surface area contributed by atoms with Crippen molar-refractivity contribution in [1.29, 1.82) is 0 Å². The topological polar surface area (TPSA) is 32.3 Å². The van der Waals surface area contributed by atoms with Crippen molar-refractivity contribution in [3.8, 4) is 0 Å². The molecule has 2 rings (SSSR count). The van der Waals surface area contributed by atoms with Crippen LogP contribution >= 0.6 is 0 Å². The highest BCUT2D eigenvalue weighted by molar-refractivity contribution is 5.00. The summed E-state index contributed by atoms with van der Waals surface area (Å²) in [6, 6.07) is 0.397. The zero-order chi connectivity index (χ0) is 7.90. The van der Waals surface area contributed by atoms with Crippen LogP contribution in [-0.2, 0) is 0 Å². The predicted octanol–water partition coefficient (Wildman–Crippen LogP) is 0.459. The van der Waals surface area contributed by atoms with Crippen molar-refractivity contribution in [2.24, 2.45) is 5.92 Å². The molecule has 64 valence electrons. The number of hydrogen-bond acceptors (Lipinski definition) is 2. The quantitative estimate of drug-likeness (QED) is 0.624. The average Bonchev–Trinajstić information content (AvgIpc) is 2.83. The van der Waals surface area contributed by atoms with Crippen molar-refractivity contribution in [2.75, 3.05) is 13.2 Å². The van der Waals surface area contributed by atoms with Gasteiger partial charge in [0.15, 0.2) is 0 Å². The van der Waals surface area contributed by atoms with Crippen LogP contribution in [0.25, 0.3) is 0 Å². The van der Waals surface area contributed by atoms with Gasteiger partial charge < -0.3 is 10.4 Å². The van der Waals surface area contributed by atoms with Crippen LogP contribution in [0.1, 0.15) is 19.3 Å². The standard InChI is InChI=1S/C8H14FNO/c9-8(1-2-8)5-10-7-3-6(7)4-11/h6-7,10-11H,1-5H2.